The number of aromatic nitrogens is 1. The second-order valence-electron chi connectivity index (χ2n) is 4.29. The van der Waals surface area contributed by atoms with Crippen molar-refractivity contribution in [1.29, 1.82) is 0 Å². The van der Waals surface area contributed by atoms with Crippen LogP contribution in [0.15, 0.2) is 29.6 Å². The minimum atomic E-state index is -3.38. The van der Waals surface area contributed by atoms with Crippen molar-refractivity contribution in [3.05, 3.63) is 35.3 Å². The number of rotatable bonds is 5. The van der Waals surface area contributed by atoms with Crippen LogP contribution >= 0.6 is 11.3 Å². The third kappa shape index (κ3) is 5.04. The summed E-state index contributed by atoms with van der Waals surface area (Å²) in [6, 6.07) is 6.19. The van der Waals surface area contributed by atoms with E-state index >= 15 is 0 Å². The normalized spacial score (nSPS) is 11.1. The number of carbonyl (C=O) groups excluding carboxylic acids is 1. The van der Waals surface area contributed by atoms with Crippen LogP contribution in [-0.4, -0.2) is 30.7 Å². The maximum atomic E-state index is 11.8. The van der Waals surface area contributed by atoms with Crippen LogP contribution in [0.1, 0.15) is 5.69 Å². The quantitative estimate of drug-likeness (QED) is 0.769. The topological polar surface area (TPSA) is 108 Å². The van der Waals surface area contributed by atoms with Crippen LogP contribution in [0.5, 0.6) is 5.75 Å². The Morgan fingerprint density at radius 2 is 2.19 bits per heavy atom. The highest BCUT2D eigenvalue weighted by Gasteiger charge is 2.10. The number of phenols is 1. The Hall–Kier alpha value is -2.13. The van der Waals surface area contributed by atoms with Crippen molar-refractivity contribution in [2.24, 2.45) is 0 Å². The van der Waals surface area contributed by atoms with Gasteiger partial charge in [-0.1, -0.05) is 6.07 Å². The van der Waals surface area contributed by atoms with Crippen molar-refractivity contribution in [2.45, 2.75) is 6.42 Å². The predicted molar refractivity (Wildman–Crippen MR) is 81.0 cm³/mol. The third-order valence-electron chi connectivity index (χ3n) is 2.30. The van der Waals surface area contributed by atoms with Gasteiger partial charge in [-0.3, -0.25) is 9.52 Å². The van der Waals surface area contributed by atoms with Crippen LogP contribution in [0.3, 0.4) is 0 Å². The zero-order valence-electron chi connectivity index (χ0n) is 11.0. The van der Waals surface area contributed by atoms with Gasteiger partial charge in [-0.25, -0.2) is 13.4 Å². The number of hydrogen-bond acceptors (Lipinski definition) is 6. The smallest absolute Gasteiger partial charge is 0.231 e. The van der Waals surface area contributed by atoms with Gasteiger partial charge in [0.1, 0.15) is 5.75 Å². The average Bonchev–Trinajstić information content (AvgIpc) is 2.73. The monoisotopic (exact) mass is 327 g/mol. The molecule has 0 aliphatic carbocycles. The second-order valence-corrected chi connectivity index (χ2v) is 6.90. The fourth-order valence-electron chi connectivity index (χ4n) is 1.55. The lowest BCUT2D eigenvalue weighted by atomic mass is 10.2. The molecular formula is C12H13N3O4S2. The molecule has 9 heteroatoms. The number of benzene rings is 1. The SMILES string of the molecule is CS(=O)(=O)Nc1nc(CC(=O)Nc2cccc(O)c2)cs1. The van der Waals surface area contributed by atoms with E-state index in [1.807, 2.05) is 0 Å². The van der Waals surface area contributed by atoms with Crippen LogP contribution < -0.4 is 10.0 Å². The highest BCUT2D eigenvalue weighted by Crippen LogP contribution is 2.18. The summed E-state index contributed by atoms with van der Waals surface area (Å²) < 4.78 is 24.4. The van der Waals surface area contributed by atoms with Crippen LogP contribution in [0, 0.1) is 0 Å². The average molecular weight is 327 g/mol. The van der Waals surface area contributed by atoms with Gasteiger partial charge in [-0.05, 0) is 12.1 Å². The van der Waals surface area contributed by atoms with Gasteiger partial charge in [-0.15, -0.1) is 11.3 Å². The zero-order valence-corrected chi connectivity index (χ0v) is 12.7. The number of sulfonamides is 1. The second kappa shape index (κ2) is 6.10. The van der Waals surface area contributed by atoms with Crippen molar-refractivity contribution < 1.29 is 18.3 Å². The Bertz CT molecular complexity index is 755. The lowest BCUT2D eigenvalue weighted by Crippen LogP contribution is -2.14. The molecule has 21 heavy (non-hydrogen) atoms. The Morgan fingerprint density at radius 3 is 2.86 bits per heavy atom. The van der Waals surface area contributed by atoms with E-state index in [9.17, 15) is 18.3 Å². The van der Waals surface area contributed by atoms with Crippen LogP contribution in [0.25, 0.3) is 0 Å². The van der Waals surface area contributed by atoms with E-state index in [0.29, 0.717) is 11.4 Å². The van der Waals surface area contributed by atoms with E-state index in [0.717, 1.165) is 17.6 Å². The first-order valence-corrected chi connectivity index (χ1v) is 8.60. The Balaban J connectivity index is 1.97. The van der Waals surface area contributed by atoms with Gasteiger partial charge < -0.3 is 10.4 Å². The summed E-state index contributed by atoms with van der Waals surface area (Å²) in [5, 5.41) is 13.7. The molecule has 7 nitrogen and oxygen atoms in total. The molecule has 0 bridgehead atoms. The molecule has 1 aromatic carbocycles. The molecular weight excluding hydrogens is 314 g/mol. The van der Waals surface area contributed by atoms with Gasteiger partial charge in [0.05, 0.1) is 18.4 Å². The van der Waals surface area contributed by atoms with Gasteiger partial charge in [0, 0.05) is 17.1 Å². The van der Waals surface area contributed by atoms with Crippen molar-refractivity contribution in [2.75, 3.05) is 16.3 Å². The van der Waals surface area contributed by atoms with Gasteiger partial charge in [0.15, 0.2) is 5.13 Å². The minimum Gasteiger partial charge on any atom is -0.508 e. The number of phenolic OH excluding ortho intramolecular Hbond substituents is 1. The molecule has 0 atom stereocenters. The van der Waals surface area contributed by atoms with Crippen molar-refractivity contribution in [3.8, 4) is 5.75 Å². The number of amides is 1. The summed E-state index contributed by atoms with van der Waals surface area (Å²) in [5.41, 5.74) is 0.938. The Kier molecular flexibility index (Phi) is 4.43. The molecule has 3 N–H and O–H groups in total. The van der Waals surface area contributed by atoms with E-state index in [2.05, 4.69) is 15.0 Å². The number of nitrogens with one attached hydrogen (secondary N) is 2. The molecule has 0 saturated carbocycles. The number of aromatic hydroxyl groups is 1. The maximum Gasteiger partial charge on any atom is 0.231 e. The summed E-state index contributed by atoms with van der Waals surface area (Å²) in [5.74, 6) is -0.252. The van der Waals surface area contributed by atoms with Gasteiger partial charge in [0.2, 0.25) is 15.9 Å². The molecule has 0 radical (unpaired) electrons. The maximum absolute atomic E-state index is 11.8. The molecule has 0 fully saturated rings. The minimum absolute atomic E-state index is 0.0115. The summed E-state index contributed by atoms with van der Waals surface area (Å²) in [7, 11) is -3.38. The van der Waals surface area contributed by atoms with E-state index in [4.69, 9.17) is 0 Å². The largest absolute Gasteiger partial charge is 0.508 e. The molecule has 0 aliphatic heterocycles. The highest BCUT2D eigenvalue weighted by molar-refractivity contribution is 7.92. The van der Waals surface area contributed by atoms with E-state index < -0.39 is 10.0 Å². The fourth-order valence-corrected chi connectivity index (χ4v) is 3.11. The molecule has 112 valence electrons. The van der Waals surface area contributed by atoms with Gasteiger partial charge in [0.25, 0.3) is 0 Å². The molecule has 0 spiro atoms. The molecule has 2 aromatic rings. The molecule has 1 amide bonds. The fraction of sp³-hybridized carbons (Fsp3) is 0.167. The Morgan fingerprint density at radius 1 is 1.43 bits per heavy atom. The van der Waals surface area contributed by atoms with E-state index in [1.54, 1.807) is 17.5 Å². The number of hydrogen-bond donors (Lipinski definition) is 3. The summed E-state index contributed by atoms with van der Waals surface area (Å²) in [6.45, 7) is 0. The number of thiazole rings is 1. The lowest BCUT2D eigenvalue weighted by molar-refractivity contribution is -0.115. The molecule has 0 unspecified atom stereocenters. The first-order chi connectivity index (χ1) is 9.82. The first kappa shape index (κ1) is 15.3. The number of nitrogens with zero attached hydrogens (tertiary/aromatic N) is 1. The van der Waals surface area contributed by atoms with Crippen LogP contribution in [0.4, 0.5) is 10.8 Å². The van der Waals surface area contributed by atoms with E-state index in [1.165, 1.54) is 12.1 Å². The molecule has 1 aromatic heterocycles. The zero-order chi connectivity index (χ0) is 15.5. The lowest BCUT2D eigenvalue weighted by Gasteiger charge is -2.04. The first-order valence-electron chi connectivity index (χ1n) is 5.83. The molecule has 0 saturated heterocycles. The summed E-state index contributed by atoms with van der Waals surface area (Å²) in [6.07, 6.45) is 1.04. The van der Waals surface area contributed by atoms with Crippen molar-refractivity contribution in [3.63, 3.8) is 0 Å². The molecule has 1 heterocycles. The highest BCUT2D eigenvalue weighted by atomic mass is 32.2. The number of anilines is 2. The van der Waals surface area contributed by atoms with Crippen molar-refractivity contribution in [1.82, 2.24) is 4.98 Å². The van der Waals surface area contributed by atoms with Crippen molar-refractivity contribution >= 4 is 38.1 Å². The standard InChI is InChI=1S/C12H13N3O4S2/c1-21(18,19)15-12-14-9(7-20-12)6-11(17)13-8-3-2-4-10(16)5-8/h2-5,7,16H,6H2,1H3,(H,13,17)(H,14,15). The van der Waals surface area contributed by atoms with Crippen LogP contribution in [0.2, 0.25) is 0 Å². The number of carbonyl (C=O) groups is 1. The van der Waals surface area contributed by atoms with Gasteiger partial charge >= 0.3 is 0 Å². The van der Waals surface area contributed by atoms with E-state index in [-0.39, 0.29) is 23.2 Å². The molecule has 2 rings (SSSR count). The summed E-state index contributed by atoms with van der Waals surface area (Å²) >= 11 is 1.11. The summed E-state index contributed by atoms with van der Waals surface area (Å²) in [4.78, 5) is 15.8. The predicted octanol–water partition coefficient (Wildman–Crippen LogP) is 1.40. The molecule has 0 aliphatic rings. The van der Waals surface area contributed by atoms with Gasteiger partial charge in [-0.2, -0.15) is 0 Å². The third-order valence-corrected chi connectivity index (χ3v) is 3.80. The van der Waals surface area contributed by atoms with Crippen LogP contribution in [-0.2, 0) is 21.2 Å². The Labute approximate surface area is 125 Å².